The van der Waals surface area contributed by atoms with Crippen LogP contribution in [-0.2, 0) is 9.53 Å². The molecule has 0 saturated heterocycles. The highest BCUT2D eigenvalue weighted by atomic mass is 16.6. The van der Waals surface area contributed by atoms with Crippen LogP contribution in [0.2, 0.25) is 0 Å². The molecule has 1 aromatic heterocycles. The van der Waals surface area contributed by atoms with Gasteiger partial charge in [0.1, 0.15) is 0 Å². The van der Waals surface area contributed by atoms with Crippen LogP contribution in [0.25, 0.3) is 12.2 Å². The third kappa shape index (κ3) is 3.58. The summed E-state index contributed by atoms with van der Waals surface area (Å²) < 4.78 is 5.06. The van der Waals surface area contributed by atoms with Crippen LogP contribution < -0.4 is 4.98 Å². The van der Waals surface area contributed by atoms with E-state index in [9.17, 15) is 14.9 Å². The third-order valence-corrected chi connectivity index (χ3v) is 3.17. The van der Waals surface area contributed by atoms with Gasteiger partial charge in [0.05, 0.1) is 4.92 Å². The van der Waals surface area contributed by atoms with E-state index >= 15 is 0 Å². The average molecular weight is 322 g/mol. The number of nitrogens with one attached hydrogen (secondary N) is 1. The van der Waals surface area contributed by atoms with E-state index in [1.54, 1.807) is 42.7 Å². The molecule has 3 rings (SSSR count). The number of carbonyl (C=O) groups excluding carboxylic acids is 1. The zero-order valence-electron chi connectivity index (χ0n) is 12.4. The van der Waals surface area contributed by atoms with Gasteiger partial charge in [-0.1, -0.05) is 12.1 Å². The second-order valence-corrected chi connectivity index (χ2v) is 4.89. The van der Waals surface area contributed by atoms with Gasteiger partial charge in [0.15, 0.2) is 18.1 Å². The van der Waals surface area contributed by atoms with Gasteiger partial charge in [0.2, 0.25) is 5.90 Å². The molecule has 1 aliphatic heterocycles. The summed E-state index contributed by atoms with van der Waals surface area (Å²) in [4.78, 5) is 29.1. The van der Waals surface area contributed by atoms with Gasteiger partial charge in [0, 0.05) is 29.8 Å². The zero-order chi connectivity index (χ0) is 16.9. The highest BCUT2D eigenvalue weighted by Gasteiger charge is 2.21. The van der Waals surface area contributed by atoms with Crippen LogP contribution in [0.5, 0.6) is 0 Å². The number of nitro groups is 1. The van der Waals surface area contributed by atoms with Crippen molar-refractivity contribution < 1.29 is 19.4 Å². The topological polar surface area (TPSA) is 95.9 Å². The first-order valence-corrected chi connectivity index (χ1v) is 7.03. The summed E-state index contributed by atoms with van der Waals surface area (Å²) >= 11 is 0. The van der Waals surface area contributed by atoms with Crippen molar-refractivity contribution in [2.24, 2.45) is 4.99 Å². The van der Waals surface area contributed by atoms with E-state index in [1.807, 2.05) is 6.07 Å². The second-order valence-electron chi connectivity index (χ2n) is 4.89. The van der Waals surface area contributed by atoms with Gasteiger partial charge in [-0.25, -0.2) is 14.8 Å². The van der Waals surface area contributed by atoms with Crippen molar-refractivity contribution in [2.45, 2.75) is 0 Å². The number of aromatic nitrogens is 1. The Bertz CT molecular complexity index is 886. The van der Waals surface area contributed by atoms with E-state index in [1.165, 1.54) is 18.2 Å². The van der Waals surface area contributed by atoms with Crippen LogP contribution in [0.3, 0.4) is 0 Å². The fourth-order valence-electron chi connectivity index (χ4n) is 2.06. The summed E-state index contributed by atoms with van der Waals surface area (Å²) in [5, 5.41) is 10.8. The molecule has 0 aliphatic carbocycles. The van der Waals surface area contributed by atoms with Crippen LogP contribution in [0.15, 0.2) is 65.6 Å². The van der Waals surface area contributed by atoms with Gasteiger partial charge in [-0.3, -0.25) is 10.1 Å². The maximum atomic E-state index is 11.8. The molecule has 0 spiro atoms. The number of benzene rings is 1. The highest BCUT2D eigenvalue weighted by Crippen LogP contribution is 2.17. The van der Waals surface area contributed by atoms with Crippen LogP contribution in [-0.4, -0.2) is 16.8 Å². The molecule has 0 fully saturated rings. The van der Waals surface area contributed by atoms with Crippen molar-refractivity contribution in [1.29, 1.82) is 0 Å². The molecule has 0 bridgehead atoms. The van der Waals surface area contributed by atoms with Crippen molar-refractivity contribution in [3.63, 3.8) is 0 Å². The standard InChI is InChI=1S/C17H11N3O4/c21-17-15(10-13-4-2-8-18-11-13)19-16(24-17)7-6-12-3-1-5-14(9-12)20(22)23/h1-11H/p+1. The Balaban J connectivity index is 1.80. The Hall–Kier alpha value is -3.61. The maximum absolute atomic E-state index is 11.8. The number of hydrogen-bond acceptors (Lipinski definition) is 5. The summed E-state index contributed by atoms with van der Waals surface area (Å²) in [6.45, 7) is 0. The number of rotatable bonds is 4. The largest absolute Gasteiger partial charge is 0.403 e. The van der Waals surface area contributed by atoms with Gasteiger partial charge in [-0.15, -0.1) is 0 Å². The molecule has 7 nitrogen and oxygen atoms in total. The van der Waals surface area contributed by atoms with Gasteiger partial charge in [0.25, 0.3) is 5.69 Å². The van der Waals surface area contributed by atoms with Crippen molar-refractivity contribution >= 4 is 29.7 Å². The normalized spacial score (nSPS) is 15.6. The van der Waals surface area contributed by atoms with Crippen molar-refractivity contribution in [1.82, 2.24) is 0 Å². The lowest BCUT2D eigenvalue weighted by Gasteiger charge is -1.94. The third-order valence-electron chi connectivity index (χ3n) is 3.17. The fraction of sp³-hybridized carbons (Fsp3) is 0. The van der Waals surface area contributed by atoms with Gasteiger partial charge >= 0.3 is 5.97 Å². The quantitative estimate of drug-likeness (QED) is 0.374. The second kappa shape index (κ2) is 6.66. The summed E-state index contributed by atoms with van der Waals surface area (Å²) in [5.41, 5.74) is 1.58. The van der Waals surface area contributed by atoms with E-state index in [2.05, 4.69) is 9.98 Å². The molecule has 0 atom stereocenters. The Morgan fingerprint density at radius 1 is 1.17 bits per heavy atom. The lowest BCUT2D eigenvalue weighted by Crippen LogP contribution is -2.02. The summed E-state index contributed by atoms with van der Waals surface area (Å²) in [6, 6.07) is 9.74. The van der Waals surface area contributed by atoms with E-state index in [4.69, 9.17) is 4.74 Å². The van der Waals surface area contributed by atoms with Crippen molar-refractivity contribution in [2.75, 3.05) is 0 Å². The van der Waals surface area contributed by atoms with E-state index in [0.29, 0.717) is 5.56 Å². The lowest BCUT2D eigenvalue weighted by atomic mass is 10.2. The molecular weight excluding hydrogens is 310 g/mol. The van der Waals surface area contributed by atoms with Crippen LogP contribution >= 0.6 is 0 Å². The Kier molecular flexibility index (Phi) is 4.24. The molecule has 2 aromatic rings. The number of carbonyl (C=O) groups is 1. The van der Waals surface area contributed by atoms with Crippen LogP contribution in [0, 0.1) is 10.1 Å². The van der Waals surface area contributed by atoms with Crippen LogP contribution in [0.4, 0.5) is 5.69 Å². The van der Waals surface area contributed by atoms with Gasteiger partial charge < -0.3 is 4.74 Å². The number of nitro benzene ring substituents is 1. The molecule has 1 N–H and O–H groups in total. The molecule has 0 saturated carbocycles. The minimum atomic E-state index is -0.544. The fourth-order valence-corrected chi connectivity index (χ4v) is 2.06. The van der Waals surface area contributed by atoms with Crippen LogP contribution in [0.1, 0.15) is 11.1 Å². The molecule has 0 radical (unpaired) electrons. The van der Waals surface area contributed by atoms with E-state index in [-0.39, 0.29) is 17.3 Å². The first-order valence-electron chi connectivity index (χ1n) is 7.03. The summed E-state index contributed by atoms with van der Waals surface area (Å²) in [7, 11) is 0. The SMILES string of the molecule is O=C1OC(C=Cc2cccc([N+](=O)[O-])c2)=NC1=Cc1ccc[nH+]c1. The van der Waals surface area contributed by atoms with Crippen molar-refractivity contribution in [3.8, 4) is 0 Å². The number of ether oxygens (including phenoxy) is 1. The number of cyclic esters (lactones) is 1. The Morgan fingerprint density at radius 3 is 2.75 bits per heavy atom. The smallest absolute Gasteiger partial charge is 0.363 e. The lowest BCUT2D eigenvalue weighted by molar-refractivity contribution is -0.384. The predicted octanol–water partition coefficient (Wildman–Crippen LogP) is 2.42. The van der Waals surface area contributed by atoms with E-state index < -0.39 is 10.9 Å². The maximum Gasteiger partial charge on any atom is 0.363 e. The molecule has 24 heavy (non-hydrogen) atoms. The number of aliphatic imine (C=N–C) groups is 1. The number of H-pyrrole nitrogens is 1. The molecule has 1 aromatic carbocycles. The van der Waals surface area contributed by atoms with Gasteiger partial charge in [-0.05, 0) is 23.8 Å². The number of nitrogens with zero attached hydrogens (tertiary/aromatic N) is 2. The van der Waals surface area contributed by atoms with E-state index in [0.717, 1.165) is 5.56 Å². The number of aromatic amines is 1. The molecule has 0 unspecified atom stereocenters. The molecule has 118 valence electrons. The Morgan fingerprint density at radius 2 is 2.00 bits per heavy atom. The van der Waals surface area contributed by atoms with Crippen molar-refractivity contribution in [3.05, 3.63) is 81.8 Å². The number of pyridine rings is 1. The number of hydrogen-bond donors (Lipinski definition) is 0. The summed E-state index contributed by atoms with van der Waals surface area (Å²) in [5.74, 6) is -0.407. The average Bonchev–Trinajstić information content (AvgIpc) is 2.94. The molecule has 7 heteroatoms. The number of esters is 1. The number of non-ortho nitro benzene ring substituents is 1. The highest BCUT2D eigenvalue weighted by molar-refractivity contribution is 6.11. The molecular formula is C17H12N3O4+. The minimum absolute atomic E-state index is 0.0107. The minimum Gasteiger partial charge on any atom is -0.403 e. The first-order chi connectivity index (χ1) is 11.6. The van der Waals surface area contributed by atoms with Gasteiger partial charge in [-0.2, -0.15) is 0 Å². The molecule has 1 aliphatic rings. The summed E-state index contributed by atoms with van der Waals surface area (Å²) in [6.07, 6.45) is 8.18. The first kappa shape index (κ1) is 15.3. The Labute approximate surface area is 136 Å². The monoisotopic (exact) mass is 322 g/mol. The molecule has 2 heterocycles. The predicted molar refractivity (Wildman–Crippen MR) is 86.6 cm³/mol. The molecule has 0 amide bonds. The zero-order valence-corrected chi connectivity index (χ0v) is 12.4.